The molecule has 0 spiro atoms. The molecular formula is C6H8O2Zn. The Balaban J connectivity index is 0. The van der Waals surface area contributed by atoms with Gasteiger partial charge in [-0.2, -0.15) is 0 Å². The molecule has 0 saturated carbocycles. The van der Waals surface area contributed by atoms with Crippen molar-refractivity contribution in [2.24, 2.45) is 5.92 Å². The Hall–Kier alpha value is -0.427. The van der Waals surface area contributed by atoms with E-state index in [0.29, 0.717) is 0 Å². The van der Waals surface area contributed by atoms with Gasteiger partial charge in [0.1, 0.15) is 0 Å². The smallest absolute Gasteiger partial charge is 0.314 e. The van der Waals surface area contributed by atoms with Gasteiger partial charge in [0.25, 0.3) is 0 Å². The van der Waals surface area contributed by atoms with Crippen LogP contribution in [0.1, 0.15) is 0 Å². The van der Waals surface area contributed by atoms with Gasteiger partial charge in [0.2, 0.25) is 0 Å². The van der Waals surface area contributed by atoms with Crippen LogP contribution in [0.25, 0.3) is 0 Å². The fourth-order valence-corrected chi connectivity index (χ4v) is 0.298. The molecule has 0 amide bonds. The summed E-state index contributed by atoms with van der Waals surface area (Å²) in [5.74, 6) is -1.51. The minimum absolute atomic E-state index is 0. The van der Waals surface area contributed by atoms with E-state index < -0.39 is 11.9 Å². The van der Waals surface area contributed by atoms with Crippen LogP contribution in [0.2, 0.25) is 0 Å². The van der Waals surface area contributed by atoms with Crippen LogP contribution < -0.4 is 0 Å². The molecule has 0 aliphatic rings. The molecule has 0 aliphatic heterocycles. The summed E-state index contributed by atoms with van der Waals surface area (Å²) in [5, 5.41) is 8.23. The van der Waals surface area contributed by atoms with Crippen LogP contribution in [0.3, 0.4) is 0 Å². The first-order valence-corrected chi connectivity index (χ1v) is 2.20. The second-order valence-electron chi connectivity index (χ2n) is 1.34. The summed E-state index contributed by atoms with van der Waals surface area (Å²) in [4.78, 5) is 10.0. The van der Waals surface area contributed by atoms with Gasteiger partial charge >= 0.3 is 5.97 Å². The Morgan fingerprint density at radius 1 is 1.44 bits per heavy atom. The molecule has 0 atom stereocenters. The van der Waals surface area contributed by atoms with Crippen LogP contribution >= 0.6 is 0 Å². The maximum atomic E-state index is 10.0. The third-order valence-electron chi connectivity index (χ3n) is 0.793. The summed E-state index contributed by atoms with van der Waals surface area (Å²) >= 11 is 0. The number of carboxylic acid groups (broad SMARTS) is 1. The van der Waals surface area contributed by atoms with Gasteiger partial charge in [-0.05, 0) is 0 Å². The molecule has 0 aromatic heterocycles. The Labute approximate surface area is 67.0 Å². The van der Waals surface area contributed by atoms with Crippen molar-refractivity contribution in [1.29, 1.82) is 0 Å². The molecule has 0 unspecified atom stereocenters. The molecule has 0 fully saturated rings. The Bertz CT molecular complexity index is 112. The third kappa shape index (κ3) is 4.10. The number of carbonyl (C=O) groups is 1. The largest absolute Gasteiger partial charge is 0.481 e. The van der Waals surface area contributed by atoms with E-state index in [1.165, 1.54) is 12.2 Å². The molecule has 2 nitrogen and oxygen atoms in total. The maximum absolute atomic E-state index is 10.0. The molecule has 0 aromatic rings. The molecular weight excluding hydrogens is 169 g/mol. The summed E-state index contributed by atoms with van der Waals surface area (Å²) in [5.41, 5.74) is 0. The van der Waals surface area contributed by atoms with Crippen LogP contribution in [0.15, 0.2) is 25.3 Å². The molecule has 1 N–H and O–H groups in total. The first kappa shape index (κ1) is 11.4. The SMILES string of the molecule is C=CC(C=C)C(=O)O.[Zn]. The molecule has 0 aromatic carbocycles. The summed E-state index contributed by atoms with van der Waals surface area (Å²) in [6, 6.07) is 0. The van der Waals surface area contributed by atoms with Crippen molar-refractivity contribution in [3.63, 3.8) is 0 Å². The summed E-state index contributed by atoms with van der Waals surface area (Å²) < 4.78 is 0. The van der Waals surface area contributed by atoms with Gasteiger partial charge in [0.05, 0.1) is 5.92 Å². The van der Waals surface area contributed by atoms with Crippen molar-refractivity contribution in [3.8, 4) is 0 Å². The van der Waals surface area contributed by atoms with Gasteiger partial charge in [-0.15, -0.1) is 13.2 Å². The minimum Gasteiger partial charge on any atom is -0.481 e. The number of rotatable bonds is 3. The molecule has 9 heavy (non-hydrogen) atoms. The average molecular weight is 178 g/mol. The van der Waals surface area contributed by atoms with E-state index in [1.54, 1.807) is 0 Å². The zero-order valence-electron chi connectivity index (χ0n) is 5.21. The van der Waals surface area contributed by atoms with E-state index in [0.717, 1.165) is 0 Å². The van der Waals surface area contributed by atoms with E-state index in [1.807, 2.05) is 0 Å². The summed E-state index contributed by atoms with van der Waals surface area (Å²) in [7, 11) is 0. The monoisotopic (exact) mass is 176 g/mol. The summed E-state index contributed by atoms with van der Waals surface area (Å²) in [6.45, 7) is 6.60. The van der Waals surface area contributed by atoms with Gasteiger partial charge < -0.3 is 5.11 Å². The van der Waals surface area contributed by atoms with Gasteiger partial charge in [0.15, 0.2) is 0 Å². The van der Waals surface area contributed by atoms with Crippen LogP contribution in [-0.2, 0) is 24.3 Å². The Morgan fingerprint density at radius 3 is 1.78 bits per heavy atom. The number of hydrogen-bond donors (Lipinski definition) is 1. The van der Waals surface area contributed by atoms with Gasteiger partial charge in [-0.1, -0.05) is 12.2 Å². The topological polar surface area (TPSA) is 37.3 Å². The van der Waals surface area contributed by atoms with E-state index in [-0.39, 0.29) is 19.5 Å². The number of carboxylic acids is 1. The third-order valence-corrected chi connectivity index (χ3v) is 0.793. The van der Waals surface area contributed by atoms with Crippen molar-refractivity contribution in [2.75, 3.05) is 0 Å². The molecule has 0 heterocycles. The first-order valence-electron chi connectivity index (χ1n) is 2.20. The zero-order valence-corrected chi connectivity index (χ0v) is 8.18. The van der Waals surface area contributed by atoms with Crippen molar-refractivity contribution in [2.45, 2.75) is 0 Å². The molecule has 0 bridgehead atoms. The zero-order chi connectivity index (χ0) is 6.57. The van der Waals surface area contributed by atoms with Crippen LogP contribution in [0, 0.1) is 5.92 Å². The fraction of sp³-hybridized carbons (Fsp3) is 0.167. The van der Waals surface area contributed by atoms with Gasteiger partial charge in [-0.3, -0.25) is 4.79 Å². The fourth-order valence-electron chi connectivity index (χ4n) is 0.298. The molecule has 3 heteroatoms. The van der Waals surface area contributed by atoms with Gasteiger partial charge in [0, 0.05) is 19.5 Å². The van der Waals surface area contributed by atoms with E-state index in [4.69, 9.17) is 5.11 Å². The predicted octanol–water partition coefficient (Wildman–Crippen LogP) is 1.06. The first-order chi connectivity index (χ1) is 3.72. The van der Waals surface area contributed by atoms with Crippen LogP contribution in [0.5, 0.6) is 0 Å². The second-order valence-corrected chi connectivity index (χ2v) is 1.34. The Morgan fingerprint density at radius 2 is 1.78 bits per heavy atom. The van der Waals surface area contributed by atoms with Gasteiger partial charge in [-0.25, -0.2) is 0 Å². The van der Waals surface area contributed by atoms with E-state index in [9.17, 15) is 4.79 Å². The van der Waals surface area contributed by atoms with E-state index >= 15 is 0 Å². The molecule has 46 valence electrons. The molecule has 0 aliphatic carbocycles. The van der Waals surface area contributed by atoms with E-state index in [2.05, 4.69) is 13.2 Å². The quantitative estimate of drug-likeness (QED) is 0.517. The number of hydrogen-bond acceptors (Lipinski definition) is 1. The second kappa shape index (κ2) is 5.71. The molecule has 0 saturated heterocycles. The van der Waals surface area contributed by atoms with Crippen LogP contribution in [0.4, 0.5) is 0 Å². The van der Waals surface area contributed by atoms with Crippen molar-refractivity contribution in [1.82, 2.24) is 0 Å². The van der Waals surface area contributed by atoms with Crippen LogP contribution in [-0.4, -0.2) is 11.1 Å². The standard InChI is InChI=1S/C6H8O2.Zn/c1-3-5(4-2)6(7)8;/h3-5H,1-2H2,(H,7,8);. The van der Waals surface area contributed by atoms with Crippen molar-refractivity contribution >= 4 is 5.97 Å². The Kier molecular flexibility index (Phi) is 7.21. The predicted molar refractivity (Wildman–Crippen MR) is 31.5 cm³/mol. The normalized spacial score (nSPS) is 7.67. The number of aliphatic carboxylic acids is 1. The van der Waals surface area contributed by atoms with Crippen molar-refractivity contribution in [3.05, 3.63) is 25.3 Å². The maximum Gasteiger partial charge on any atom is 0.314 e. The average Bonchev–Trinajstić information content (AvgIpc) is 1.69. The minimum atomic E-state index is -0.907. The van der Waals surface area contributed by atoms with Crippen molar-refractivity contribution < 1.29 is 29.4 Å². The molecule has 0 radical (unpaired) electrons. The summed E-state index contributed by atoms with van der Waals surface area (Å²) in [6.07, 6.45) is 2.66. The molecule has 0 rings (SSSR count).